The molecule has 0 N–H and O–H groups in total. The summed E-state index contributed by atoms with van der Waals surface area (Å²) in [6, 6.07) is 17.2. The Bertz CT molecular complexity index is 914. The standard InChI is InChI=1S/C25H31N3O4/c1-20(29)28-11-10-27(19-24(28)21-6-3-2-4-7-21)25(30)22-8-5-9-23(18-22)32-17-14-26-12-15-31-16-13-26/h2-9,18,24H,10-17,19H2,1H3. The molecule has 7 heteroatoms. The molecule has 1 atom stereocenters. The Kier molecular flexibility index (Phi) is 7.39. The smallest absolute Gasteiger partial charge is 0.254 e. The molecule has 2 saturated heterocycles. The summed E-state index contributed by atoms with van der Waals surface area (Å²) in [6.07, 6.45) is 0. The maximum atomic E-state index is 13.3. The average Bonchev–Trinajstić information content (AvgIpc) is 2.84. The van der Waals surface area contributed by atoms with Crippen molar-refractivity contribution < 1.29 is 19.1 Å². The third kappa shape index (κ3) is 5.47. The van der Waals surface area contributed by atoms with Crippen molar-refractivity contribution >= 4 is 11.8 Å². The van der Waals surface area contributed by atoms with E-state index in [1.54, 1.807) is 6.92 Å². The summed E-state index contributed by atoms with van der Waals surface area (Å²) in [4.78, 5) is 31.5. The van der Waals surface area contributed by atoms with Crippen LogP contribution in [0.15, 0.2) is 54.6 Å². The minimum Gasteiger partial charge on any atom is -0.492 e. The van der Waals surface area contributed by atoms with Crippen molar-refractivity contribution in [2.24, 2.45) is 0 Å². The number of hydrogen-bond acceptors (Lipinski definition) is 5. The zero-order valence-electron chi connectivity index (χ0n) is 18.6. The molecule has 0 spiro atoms. The van der Waals surface area contributed by atoms with Gasteiger partial charge < -0.3 is 19.3 Å². The molecule has 4 rings (SSSR count). The summed E-state index contributed by atoms with van der Waals surface area (Å²) >= 11 is 0. The van der Waals surface area contributed by atoms with Crippen molar-refractivity contribution in [3.05, 3.63) is 65.7 Å². The van der Waals surface area contributed by atoms with Crippen LogP contribution >= 0.6 is 0 Å². The highest BCUT2D eigenvalue weighted by Gasteiger charge is 2.32. The normalized spacial score (nSPS) is 19.6. The molecule has 2 aliphatic rings. The van der Waals surface area contributed by atoms with Gasteiger partial charge in [-0.3, -0.25) is 14.5 Å². The summed E-state index contributed by atoms with van der Waals surface area (Å²) in [6.45, 7) is 7.91. The molecular formula is C25H31N3O4. The molecule has 170 valence electrons. The van der Waals surface area contributed by atoms with Gasteiger partial charge in [-0.15, -0.1) is 0 Å². The third-order valence-corrected chi connectivity index (χ3v) is 6.12. The fourth-order valence-corrected chi connectivity index (χ4v) is 4.32. The maximum Gasteiger partial charge on any atom is 0.254 e. The van der Waals surface area contributed by atoms with Gasteiger partial charge in [0, 0.05) is 51.8 Å². The Hall–Kier alpha value is -2.90. The number of morpholine rings is 1. The van der Waals surface area contributed by atoms with Crippen molar-refractivity contribution in [2.45, 2.75) is 13.0 Å². The summed E-state index contributed by atoms with van der Waals surface area (Å²) in [5.74, 6) is 0.695. The molecule has 32 heavy (non-hydrogen) atoms. The number of piperazine rings is 1. The van der Waals surface area contributed by atoms with Gasteiger partial charge in [0.15, 0.2) is 0 Å². The van der Waals surface area contributed by atoms with Crippen molar-refractivity contribution in [3.63, 3.8) is 0 Å². The molecular weight excluding hydrogens is 406 g/mol. The van der Waals surface area contributed by atoms with Gasteiger partial charge in [0.2, 0.25) is 5.91 Å². The number of carbonyl (C=O) groups excluding carboxylic acids is 2. The Morgan fingerprint density at radius 1 is 1.00 bits per heavy atom. The van der Waals surface area contributed by atoms with E-state index in [1.807, 2.05) is 64.4 Å². The highest BCUT2D eigenvalue weighted by atomic mass is 16.5. The fourth-order valence-electron chi connectivity index (χ4n) is 4.32. The molecule has 7 nitrogen and oxygen atoms in total. The predicted molar refractivity (Wildman–Crippen MR) is 122 cm³/mol. The lowest BCUT2D eigenvalue weighted by atomic mass is 10.0. The molecule has 0 saturated carbocycles. The molecule has 0 bridgehead atoms. The van der Waals surface area contributed by atoms with E-state index in [4.69, 9.17) is 9.47 Å². The lowest BCUT2D eigenvalue weighted by molar-refractivity contribution is -0.133. The minimum atomic E-state index is -0.139. The van der Waals surface area contributed by atoms with E-state index >= 15 is 0 Å². The number of nitrogens with zero attached hydrogens (tertiary/aromatic N) is 3. The highest BCUT2D eigenvalue weighted by molar-refractivity contribution is 5.94. The molecule has 0 aromatic heterocycles. The highest BCUT2D eigenvalue weighted by Crippen LogP contribution is 2.27. The second-order valence-corrected chi connectivity index (χ2v) is 8.22. The quantitative estimate of drug-likeness (QED) is 0.695. The van der Waals surface area contributed by atoms with Gasteiger partial charge in [0.1, 0.15) is 12.4 Å². The Balaban J connectivity index is 1.40. The number of rotatable bonds is 6. The molecule has 2 fully saturated rings. The van der Waals surface area contributed by atoms with Crippen molar-refractivity contribution in [1.82, 2.24) is 14.7 Å². The van der Waals surface area contributed by atoms with Crippen LogP contribution in [0.3, 0.4) is 0 Å². The topological polar surface area (TPSA) is 62.3 Å². The third-order valence-electron chi connectivity index (χ3n) is 6.12. The molecule has 0 aliphatic carbocycles. The van der Waals surface area contributed by atoms with E-state index in [0.717, 1.165) is 38.4 Å². The Morgan fingerprint density at radius 3 is 2.53 bits per heavy atom. The first-order chi connectivity index (χ1) is 15.6. The van der Waals surface area contributed by atoms with Crippen molar-refractivity contribution in [3.8, 4) is 5.75 Å². The fraction of sp³-hybridized carbons (Fsp3) is 0.440. The van der Waals surface area contributed by atoms with Gasteiger partial charge in [-0.05, 0) is 23.8 Å². The van der Waals surface area contributed by atoms with E-state index < -0.39 is 0 Å². The van der Waals surface area contributed by atoms with Crippen LogP contribution < -0.4 is 4.74 Å². The Morgan fingerprint density at radius 2 is 1.78 bits per heavy atom. The maximum absolute atomic E-state index is 13.3. The lowest BCUT2D eigenvalue weighted by Crippen LogP contribution is -2.51. The molecule has 2 aromatic carbocycles. The van der Waals surface area contributed by atoms with Crippen LogP contribution in [-0.2, 0) is 9.53 Å². The molecule has 2 aliphatic heterocycles. The second-order valence-electron chi connectivity index (χ2n) is 8.22. The van der Waals surface area contributed by atoms with Crippen molar-refractivity contribution in [1.29, 1.82) is 0 Å². The molecule has 0 radical (unpaired) electrons. The van der Waals surface area contributed by atoms with E-state index in [9.17, 15) is 9.59 Å². The van der Waals surface area contributed by atoms with E-state index in [-0.39, 0.29) is 17.9 Å². The molecule has 2 aromatic rings. The van der Waals surface area contributed by atoms with Gasteiger partial charge in [-0.25, -0.2) is 0 Å². The van der Waals surface area contributed by atoms with Crippen LogP contribution in [0.5, 0.6) is 5.75 Å². The van der Waals surface area contributed by atoms with Crippen LogP contribution in [0.2, 0.25) is 0 Å². The first-order valence-corrected chi connectivity index (χ1v) is 11.3. The summed E-state index contributed by atoms with van der Waals surface area (Å²) in [5, 5.41) is 0. The largest absolute Gasteiger partial charge is 0.492 e. The van der Waals surface area contributed by atoms with Gasteiger partial charge in [-0.2, -0.15) is 0 Å². The minimum absolute atomic E-state index is 0.0293. The zero-order chi connectivity index (χ0) is 22.3. The molecule has 1 unspecified atom stereocenters. The predicted octanol–water partition coefficient (Wildman–Crippen LogP) is 2.44. The Labute approximate surface area is 189 Å². The SMILES string of the molecule is CC(=O)N1CCN(C(=O)c2cccc(OCCN3CCOCC3)c2)CC1c1ccccc1. The van der Waals surface area contributed by atoms with Crippen molar-refractivity contribution in [2.75, 3.05) is 59.1 Å². The first kappa shape index (κ1) is 22.3. The first-order valence-electron chi connectivity index (χ1n) is 11.3. The van der Waals surface area contributed by atoms with E-state index in [0.29, 0.717) is 37.6 Å². The van der Waals surface area contributed by atoms with Gasteiger partial charge in [0.05, 0.1) is 19.3 Å². The number of hydrogen-bond donors (Lipinski definition) is 0. The summed E-state index contributed by atoms with van der Waals surface area (Å²) in [5.41, 5.74) is 1.65. The van der Waals surface area contributed by atoms with Crippen LogP contribution in [0, 0.1) is 0 Å². The van der Waals surface area contributed by atoms with E-state index in [2.05, 4.69) is 4.90 Å². The average molecular weight is 438 g/mol. The monoisotopic (exact) mass is 437 g/mol. The summed E-state index contributed by atoms with van der Waals surface area (Å²) in [7, 11) is 0. The van der Waals surface area contributed by atoms with Crippen LogP contribution in [0.4, 0.5) is 0 Å². The lowest BCUT2D eigenvalue weighted by Gasteiger charge is -2.41. The van der Waals surface area contributed by atoms with Gasteiger partial charge in [-0.1, -0.05) is 36.4 Å². The summed E-state index contributed by atoms with van der Waals surface area (Å²) < 4.78 is 11.3. The number of ether oxygens (including phenoxy) is 2. The van der Waals surface area contributed by atoms with Crippen LogP contribution in [-0.4, -0.2) is 85.6 Å². The zero-order valence-corrected chi connectivity index (χ0v) is 18.6. The van der Waals surface area contributed by atoms with Gasteiger partial charge >= 0.3 is 0 Å². The van der Waals surface area contributed by atoms with E-state index in [1.165, 1.54) is 0 Å². The number of benzene rings is 2. The molecule has 2 amide bonds. The van der Waals surface area contributed by atoms with Crippen LogP contribution in [0.25, 0.3) is 0 Å². The van der Waals surface area contributed by atoms with Gasteiger partial charge in [0.25, 0.3) is 5.91 Å². The molecule has 2 heterocycles. The second kappa shape index (κ2) is 10.6. The number of carbonyl (C=O) groups is 2. The van der Waals surface area contributed by atoms with Crippen LogP contribution in [0.1, 0.15) is 28.9 Å². The number of amides is 2.